The van der Waals surface area contributed by atoms with E-state index in [0.29, 0.717) is 27.4 Å². The smallest absolute Gasteiger partial charge is 0.165 e. The monoisotopic (exact) mass is 522 g/mol. The van der Waals surface area contributed by atoms with Crippen molar-refractivity contribution in [2.45, 2.75) is 111 Å². The molecule has 2 heterocycles. The van der Waals surface area contributed by atoms with Crippen LogP contribution in [0, 0.1) is 57.7 Å². The highest BCUT2D eigenvalue weighted by molar-refractivity contribution is 6.33. The van der Waals surface area contributed by atoms with Gasteiger partial charge in [-0.1, -0.05) is 65.5 Å². The molecule has 0 saturated heterocycles. The Bertz CT molecular complexity index is 1190. The zero-order chi connectivity index (χ0) is 25.7. The number of imidazole rings is 1. The average molecular weight is 523 g/mol. The Morgan fingerprint density at radius 3 is 2.62 bits per heavy atom. The van der Waals surface area contributed by atoms with Crippen molar-refractivity contribution in [3.8, 4) is 0 Å². The molecule has 2 unspecified atom stereocenters. The summed E-state index contributed by atoms with van der Waals surface area (Å²) in [6.07, 6.45) is 19.3. The van der Waals surface area contributed by atoms with Crippen molar-refractivity contribution in [2.24, 2.45) is 57.7 Å². The Hall–Kier alpha value is -1.16. The van der Waals surface area contributed by atoms with E-state index in [9.17, 15) is 0 Å². The van der Waals surface area contributed by atoms with Gasteiger partial charge in [0.25, 0.3) is 0 Å². The van der Waals surface area contributed by atoms with Gasteiger partial charge in [0.15, 0.2) is 10.8 Å². The largest absolute Gasteiger partial charge is 0.311 e. The van der Waals surface area contributed by atoms with Gasteiger partial charge in [0.1, 0.15) is 11.8 Å². The molecule has 5 saturated carbocycles. The summed E-state index contributed by atoms with van der Waals surface area (Å²) in [6.45, 7) is 12.8. The van der Waals surface area contributed by atoms with Gasteiger partial charge in [0.05, 0.1) is 6.33 Å². The Labute approximate surface area is 228 Å². The van der Waals surface area contributed by atoms with Gasteiger partial charge in [-0.15, -0.1) is 0 Å². The molecule has 0 bridgehead atoms. The zero-order valence-electron chi connectivity index (χ0n) is 23.7. The molecule has 10 atom stereocenters. The van der Waals surface area contributed by atoms with Crippen LogP contribution in [0.5, 0.6) is 0 Å². The van der Waals surface area contributed by atoms with Gasteiger partial charge < -0.3 is 4.57 Å². The maximum atomic E-state index is 6.47. The van der Waals surface area contributed by atoms with Crippen molar-refractivity contribution in [3.05, 3.63) is 17.8 Å². The van der Waals surface area contributed by atoms with E-state index < -0.39 is 0 Å². The molecule has 2 aromatic rings. The van der Waals surface area contributed by atoms with E-state index in [2.05, 4.69) is 50.5 Å². The lowest BCUT2D eigenvalue weighted by Gasteiger charge is -2.61. The molecule has 1 spiro atoms. The molecule has 0 amide bonds. The highest BCUT2D eigenvalue weighted by Gasteiger charge is 2.77. The minimum atomic E-state index is 0.440. The van der Waals surface area contributed by atoms with Crippen LogP contribution in [0.3, 0.4) is 0 Å². The Kier molecular flexibility index (Phi) is 5.65. The molecule has 5 heteroatoms. The van der Waals surface area contributed by atoms with Gasteiger partial charge in [-0.2, -0.15) is 0 Å². The Balaban J connectivity index is 1.22. The van der Waals surface area contributed by atoms with Crippen LogP contribution < -0.4 is 0 Å². The standard InChI is InChI=1S/C32H47ClN4/c1-19(2)7-6-8-20(3)23-9-10-24-22-15-26(37-18-36-27-28(33)34-17-35-29(27)37)32-16-21(32)11-14-31(32,5)25(22)12-13-30(23,24)4/h17-26H,6-16H2,1-5H3/t20-,21?,22+,23-,24+,25+,26-,30-,31-,32?/m1/s1. The molecule has 202 valence electrons. The molecule has 0 aromatic carbocycles. The van der Waals surface area contributed by atoms with Gasteiger partial charge >= 0.3 is 0 Å². The molecule has 5 aliphatic rings. The van der Waals surface area contributed by atoms with Crippen LogP contribution in [-0.4, -0.2) is 19.5 Å². The quantitative estimate of drug-likeness (QED) is 0.356. The summed E-state index contributed by atoms with van der Waals surface area (Å²) in [6, 6.07) is 0.507. The van der Waals surface area contributed by atoms with E-state index in [1.165, 1.54) is 70.6 Å². The molecule has 0 radical (unpaired) electrons. The zero-order valence-corrected chi connectivity index (χ0v) is 24.5. The molecule has 2 aromatic heterocycles. The lowest BCUT2D eigenvalue weighted by atomic mass is 9.44. The maximum Gasteiger partial charge on any atom is 0.165 e. The number of fused-ring (bicyclic) bond motifs is 5. The first-order chi connectivity index (χ1) is 17.7. The van der Waals surface area contributed by atoms with Crippen molar-refractivity contribution >= 4 is 22.8 Å². The molecule has 7 rings (SSSR count). The second kappa shape index (κ2) is 8.42. The van der Waals surface area contributed by atoms with Crippen molar-refractivity contribution < 1.29 is 0 Å². The normalized spacial score (nSPS) is 44.9. The predicted octanol–water partition coefficient (Wildman–Crippen LogP) is 8.75. The number of halogens is 1. The van der Waals surface area contributed by atoms with E-state index in [-0.39, 0.29) is 0 Å². The molecule has 0 aliphatic heterocycles. The summed E-state index contributed by atoms with van der Waals surface area (Å²) in [4.78, 5) is 13.7. The average Bonchev–Trinajstić information content (AvgIpc) is 3.11. The van der Waals surface area contributed by atoms with Gasteiger partial charge in [0.2, 0.25) is 0 Å². The molecular weight excluding hydrogens is 476 g/mol. The first kappa shape index (κ1) is 24.9. The van der Waals surface area contributed by atoms with Crippen molar-refractivity contribution in [1.82, 2.24) is 19.5 Å². The SMILES string of the molecule is CC(C)CCC[C@@H](C)[C@H]1CC[C@H]2[C@@H]3C[C@@H](n4cnc5c(Cl)ncnc54)C45CC4CC[C@]5(C)[C@H]3CC[C@]12C. The summed E-state index contributed by atoms with van der Waals surface area (Å²) in [5.41, 5.74) is 3.16. The number of hydrogen-bond donors (Lipinski definition) is 0. The van der Waals surface area contributed by atoms with E-state index in [1.54, 1.807) is 6.33 Å². The van der Waals surface area contributed by atoms with Gasteiger partial charge in [-0.05, 0) is 109 Å². The van der Waals surface area contributed by atoms with Crippen molar-refractivity contribution in [2.75, 3.05) is 0 Å². The minimum absolute atomic E-state index is 0.440. The van der Waals surface area contributed by atoms with Crippen molar-refractivity contribution in [3.63, 3.8) is 0 Å². The third-order valence-electron chi connectivity index (χ3n) is 13.4. The minimum Gasteiger partial charge on any atom is -0.311 e. The van der Waals surface area contributed by atoms with Crippen LogP contribution in [0.1, 0.15) is 111 Å². The van der Waals surface area contributed by atoms with Gasteiger partial charge in [-0.25, -0.2) is 15.0 Å². The maximum absolute atomic E-state index is 6.47. The second-order valence-electron chi connectivity index (χ2n) is 15.0. The molecule has 37 heavy (non-hydrogen) atoms. The summed E-state index contributed by atoms with van der Waals surface area (Å²) in [5, 5.41) is 0.492. The van der Waals surface area contributed by atoms with Crippen LogP contribution in [0.4, 0.5) is 0 Å². The highest BCUT2D eigenvalue weighted by atomic mass is 35.5. The third kappa shape index (κ3) is 3.29. The van der Waals surface area contributed by atoms with Crippen LogP contribution in [-0.2, 0) is 0 Å². The number of hydrogen-bond acceptors (Lipinski definition) is 3. The lowest BCUT2D eigenvalue weighted by Crippen LogP contribution is -2.55. The van der Waals surface area contributed by atoms with Crippen LogP contribution in [0.15, 0.2) is 12.7 Å². The van der Waals surface area contributed by atoms with Gasteiger partial charge in [0, 0.05) is 6.04 Å². The fourth-order valence-corrected chi connectivity index (χ4v) is 11.9. The van der Waals surface area contributed by atoms with E-state index in [1.807, 2.05) is 0 Å². The number of rotatable bonds is 6. The summed E-state index contributed by atoms with van der Waals surface area (Å²) in [5.74, 6) is 6.11. The fourth-order valence-electron chi connectivity index (χ4n) is 11.7. The highest BCUT2D eigenvalue weighted by Crippen LogP contribution is 2.84. The molecule has 4 nitrogen and oxygen atoms in total. The molecule has 0 N–H and O–H groups in total. The van der Waals surface area contributed by atoms with Crippen LogP contribution in [0.2, 0.25) is 5.15 Å². The van der Waals surface area contributed by atoms with Crippen LogP contribution >= 0.6 is 11.6 Å². The Morgan fingerprint density at radius 2 is 1.84 bits per heavy atom. The predicted molar refractivity (Wildman–Crippen MR) is 150 cm³/mol. The number of aromatic nitrogens is 4. The topological polar surface area (TPSA) is 43.6 Å². The molecular formula is C32H47ClN4. The molecule has 5 fully saturated rings. The first-order valence-electron chi connectivity index (χ1n) is 15.5. The Morgan fingerprint density at radius 1 is 1.00 bits per heavy atom. The van der Waals surface area contributed by atoms with Crippen LogP contribution in [0.25, 0.3) is 11.2 Å². The van der Waals surface area contributed by atoms with E-state index in [4.69, 9.17) is 21.6 Å². The van der Waals surface area contributed by atoms with Gasteiger partial charge in [-0.3, -0.25) is 0 Å². The summed E-state index contributed by atoms with van der Waals surface area (Å²) >= 11 is 6.47. The molecule has 5 aliphatic carbocycles. The van der Waals surface area contributed by atoms with E-state index >= 15 is 0 Å². The number of nitrogens with zero attached hydrogens (tertiary/aromatic N) is 4. The summed E-state index contributed by atoms with van der Waals surface area (Å²) in [7, 11) is 0. The lowest BCUT2D eigenvalue weighted by molar-refractivity contribution is -0.124. The third-order valence-corrected chi connectivity index (χ3v) is 13.7. The van der Waals surface area contributed by atoms with Crippen molar-refractivity contribution in [1.29, 1.82) is 0 Å². The fraction of sp³-hybridized carbons (Fsp3) is 0.844. The summed E-state index contributed by atoms with van der Waals surface area (Å²) < 4.78 is 2.47. The first-order valence-corrected chi connectivity index (χ1v) is 15.9. The second-order valence-corrected chi connectivity index (χ2v) is 15.4. The van der Waals surface area contributed by atoms with E-state index in [0.717, 1.165) is 52.6 Å².